The van der Waals surface area contributed by atoms with Crippen molar-refractivity contribution in [1.29, 1.82) is 0 Å². The number of rotatable bonds is 4. The summed E-state index contributed by atoms with van der Waals surface area (Å²) >= 11 is 5.98. The molecule has 0 bridgehead atoms. The molecular weight excluding hydrogens is 246 g/mol. The Morgan fingerprint density at radius 2 is 2.17 bits per heavy atom. The van der Waals surface area contributed by atoms with Crippen LogP contribution >= 0.6 is 11.6 Å². The first kappa shape index (κ1) is 13.0. The van der Waals surface area contributed by atoms with E-state index in [-0.39, 0.29) is 6.04 Å². The summed E-state index contributed by atoms with van der Waals surface area (Å²) in [6.45, 7) is 2.03. The Morgan fingerprint density at radius 1 is 1.33 bits per heavy atom. The van der Waals surface area contributed by atoms with Gasteiger partial charge in [-0.05, 0) is 42.7 Å². The first-order valence-corrected chi connectivity index (χ1v) is 6.20. The summed E-state index contributed by atoms with van der Waals surface area (Å²) in [5.74, 6) is 5.64. The normalized spacial score (nSPS) is 12.4. The van der Waals surface area contributed by atoms with Crippen LogP contribution < -0.4 is 11.3 Å². The van der Waals surface area contributed by atoms with E-state index in [0.29, 0.717) is 0 Å². The highest BCUT2D eigenvalue weighted by atomic mass is 35.5. The predicted molar refractivity (Wildman–Crippen MR) is 74.2 cm³/mol. The van der Waals surface area contributed by atoms with Crippen LogP contribution in [0.5, 0.6) is 0 Å². The van der Waals surface area contributed by atoms with Crippen molar-refractivity contribution in [3.8, 4) is 0 Å². The third kappa shape index (κ3) is 3.07. The van der Waals surface area contributed by atoms with Gasteiger partial charge in [0.15, 0.2) is 0 Å². The summed E-state index contributed by atoms with van der Waals surface area (Å²) in [6, 6.07) is 11.7. The van der Waals surface area contributed by atoms with Gasteiger partial charge in [-0.2, -0.15) is 0 Å². The third-order valence-electron chi connectivity index (χ3n) is 2.91. The lowest BCUT2D eigenvalue weighted by Crippen LogP contribution is -2.30. The van der Waals surface area contributed by atoms with E-state index in [1.54, 1.807) is 6.20 Å². The van der Waals surface area contributed by atoms with E-state index in [2.05, 4.69) is 10.4 Å². The molecule has 18 heavy (non-hydrogen) atoms. The number of hydrogen-bond acceptors (Lipinski definition) is 3. The van der Waals surface area contributed by atoms with Crippen molar-refractivity contribution >= 4 is 11.6 Å². The number of hydrazine groups is 1. The summed E-state index contributed by atoms with van der Waals surface area (Å²) in [6.07, 6.45) is 2.54. The van der Waals surface area contributed by atoms with Gasteiger partial charge in [0.25, 0.3) is 0 Å². The number of nitrogens with one attached hydrogen (secondary N) is 1. The largest absolute Gasteiger partial charge is 0.271 e. The second kappa shape index (κ2) is 5.96. The maximum absolute atomic E-state index is 5.98. The van der Waals surface area contributed by atoms with Gasteiger partial charge in [-0.15, -0.1) is 0 Å². The quantitative estimate of drug-likeness (QED) is 0.657. The van der Waals surface area contributed by atoms with E-state index >= 15 is 0 Å². The zero-order valence-corrected chi connectivity index (χ0v) is 11.0. The van der Waals surface area contributed by atoms with E-state index in [1.165, 1.54) is 0 Å². The Kier molecular flexibility index (Phi) is 4.31. The number of nitrogens with zero attached hydrogens (tertiary/aromatic N) is 1. The zero-order chi connectivity index (χ0) is 13.0. The van der Waals surface area contributed by atoms with E-state index in [1.807, 2.05) is 43.3 Å². The van der Waals surface area contributed by atoms with Crippen molar-refractivity contribution in [3.05, 3.63) is 64.4 Å². The van der Waals surface area contributed by atoms with Crippen LogP contribution in [0.25, 0.3) is 0 Å². The lowest BCUT2D eigenvalue weighted by Gasteiger charge is -2.17. The van der Waals surface area contributed by atoms with Gasteiger partial charge in [0.2, 0.25) is 0 Å². The first-order chi connectivity index (χ1) is 8.70. The van der Waals surface area contributed by atoms with Crippen LogP contribution in [0.4, 0.5) is 0 Å². The Bertz CT molecular complexity index is 528. The van der Waals surface area contributed by atoms with Gasteiger partial charge in [-0.3, -0.25) is 16.3 Å². The molecule has 1 heterocycles. The summed E-state index contributed by atoms with van der Waals surface area (Å²) in [4.78, 5) is 4.39. The number of nitrogens with two attached hydrogens (primary N) is 1. The number of aryl methyl sites for hydroxylation is 1. The molecule has 0 aliphatic heterocycles. The summed E-state index contributed by atoms with van der Waals surface area (Å²) < 4.78 is 0. The summed E-state index contributed by atoms with van der Waals surface area (Å²) in [5.41, 5.74) is 6.06. The van der Waals surface area contributed by atoms with Gasteiger partial charge in [0.1, 0.15) is 0 Å². The zero-order valence-electron chi connectivity index (χ0n) is 10.2. The average molecular weight is 262 g/mol. The van der Waals surface area contributed by atoms with Crippen LogP contribution in [0.15, 0.2) is 42.6 Å². The highest BCUT2D eigenvalue weighted by Crippen LogP contribution is 2.20. The van der Waals surface area contributed by atoms with Crippen molar-refractivity contribution < 1.29 is 0 Å². The van der Waals surface area contributed by atoms with E-state index < -0.39 is 0 Å². The van der Waals surface area contributed by atoms with Crippen molar-refractivity contribution in [2.45, 2.75) is 19.4 Å². The minimum Gasteiger partial charge on any atom is -0.271 e. The third-order valence-corrected chi connectivity index (χ3v) is 3.15. The van der Waals surface area contributed by atoms with E-state index in [0.717, 1.165) is 28.3 Å². The molecule has 0 aliphatic carbocycles. The molecule has 0 amide bonds. The molecule has 0 radical (unpaired) electrons. The predicted octanol–water partition coefficient (Wildman–Crippen LogP) is 2.79. The molecule has 0 spiro atoms. The highest BCUT2D eigenvalue weighted by Gasteiger charge is 2.14. The van der Waals surface area contributed by atoms with Gasteiger partial charge < -0.3 is 0 Å². The van der Waals surface area contributed by atoms with Crippen LogP contribution in [-0.2, 0) is 6.42 Å². The molecule has 0 saturated heterocycles. The molecule has 94 valence electrons. The monoisotopic (exact) mass is 261 g/mol. The topological polar surface area (TPSA) is 50.9 Å². The van der Waals surface area contributed by atoms with Crippen LogP contribution in [0.2, 0.25) is 5.02 Å². The van der Waals surface area contributed by atoms with Gasteiger partial charge in [-0.1, -0.05) is 29.8 Å². The lowest BCUT2D eigenvalue weighted by molar-refractivity contribution is 0.535. The summed E-state index contributed by atoms with van der Waals surface area (Å²) in [5, 5.41) is 0.737. The first-order valence-electron chi connectivity index (χ1n) is 5.83. The Balaban J connectivity index is 2.23. The second-order valence-corrected chi connectivity index (χ2v) is 4.70. The van der Waals surface area contributed by atoms with Crippen LogP contribution in [0, 0.1) is 6.92 Å². The maximum Gasteiger partial charge on any atom is 0.0675 e. The Labute approximate surface area is 112 Å². The fraction of sp³-hybridized carbons (Fsp3) is 0.214. The van der Waals surface area contributed by atoms with Crippen molar-refractivity contribution in [3.63, 3.8) is 0 Å². The highest BCUT2D eigenvalue weighted by molar-refractivity contribution is 6.30. The second-order valence-electron chi connectivity index (χ2n) is 4.26. The summed E-state index contributed by atoms with van der Waals surface area (Å²) in [7, 11) is 0. The molecule has 0 aliphatic rings. The smallest absolute Gasteiger partial charge is 0.0675 e. The molecule has 1 atom stereocenters. The SMILES string of the molecule is Cc1cccnc1C(Cc1cccc(Cl)c1)NN. The van der Waals surface area contributed by atoms with Crippen LogP contribution in [-0.4, -0.2) is 4.98 Å². The number of benzene rings is 1. The lowest BCUT2D eigenvalue weighted by atomic mass is 10.0. The van der Waals surface area contributed by atoms with Gasteiger partial charge in [0, 0.05) is 11.2 Å². The van der Waals surface area contributed by atoms with Gasteiger partial charge in [0.05, 0.1) is 11.7 Å². The van der Waals surface area contributed by atoms with Crippen molar-refractivity contribution in [2.24, 2.45) is 5.84 Å². The molecule has 1 aromatic heterocycles. The van der Waals surface area contributed by atoms with Gasteiger partial charge >= 0.3 is 0 Å². The molecule has 4 heteroatoms. The van der Waals surface area contributed by atoms with Crippen molar-refractivity contribution in [1.82, 2.24) is 10.4 Å². The van der Waals surface area contributed by atoms with Crippen molar-refractivity contribution in [2.75, 3.05) is 0 Å². The molecule has 3 nitrogen and oxygen atoms in total. The molecule has 1 aromatic carbocycles. The fourth-order valence-corrected chi connectivity index (χ4v) is 2.21. The molecule has 2 aromatic rings. The molecule has 0 fully saturated rings. The van der Waals surface area contributed by atoms with Crippen LogP contribution in [0.1, 0.15) is 22.9 Å². The minimum absolute atomic E-state index is 0.00957. The molecule has 1 unspecified atom stereocenters. The number of halogens is 1. The molecule has 2 rings (SSSR count). The van der Waals surface area contributed by atoms with Crippen LogP contribution in [0.3, 0.4) is 0 Å². The standard InChI is InChI=1S/C14H16ClN3/c1-10-4-3-7-17-14(10)13(18-16)9-11-5-2-6-12(15)8-11/h2-8,13,18H,9,16H2,1H3. The molecular formula is C14H16ClN3. The number of pyridine rings is 1. The minimum atomic E-state index is -0.00957. The Hall–Kier alpha value is -1.42. The average Bonchev–Trinajstić information content (AvgIpc) is 2.37. The van der Waals surface area contributed by atoms with E-state index in [9.17, 15) is 0 Å². The maximum atomic E-state index is 5.98. The van der Waals surface area contributed by atoms with E-state index in [4.69, 9.17) is 17.4 Å². The molecule has 0 saturated carbocycles. The number of aromatic nitrogens is 1. The number of hydrogen-bond donors (Lipinski definition) is 2. The fourth-order valence-electron chi connectivity index (χ4n) is 2.00. The van der Waals surface area contributed by atoms with Gasteiger partial charge in [-0.25, -0.2) is 0 Å². The Morgan fingerprint density at radius 3 is 2.83 bits per heavy atom. The molecule has 3 N–H and O–H groups in total.